The summed E-state index contributed by atoms with van der Waals surface area (Å²) < 4.78 is 1.26. The number of hydrogen-bond acceptors (Lipinski definition) is 4. The molecule has 1 aromatic carbocycles. The van der Waals surface area contributed by atoms with Gasteiger partial charge in [-0.2, -0.15) is 0 Å². The molecule has 1 saturated carbocycles. The van der Waals surface area contributed by atoms with Crippen LogP contribution in [-0.2, 0) is 4.79 Å². The van der Waals surface area contributed by atoms with Crippen LogP contribution in [-0.4, -0.2) is 53.4 Å². The van der Waals surface area contributed by atoms with E-state index >= 15 is 0 Å². The fraction of sp³-hybridized carbons (Fsp3) is 0.652. The maximum atomic E-state index is 13.0. The van der Waals surface area contributed by atoms with E-state index in [0.29, 0.717) is 18.4 Å². The molecule has 0 radical (unpaired) electrons. The van der Waals surface area contributed by atoms with E-state index in [0.717, 1.165) is 56.4 Å². The van der Waals surface area contributed by atoms with Crippen LogP contribution in [0.25, 0.3) is 10.2 Å². The number of benzene rings is 1. The predicted molar refractivity (Wildman–Crippen MR) is 115 cm³/mol. The van der Waals surface area contributed by atoms with Crippen molar-refractivity contribution in [3.8, 4) is 0 Å². The molecule has 1 aliphatic carbocycles. The van der Waals surface area contributed by atoms with Crippen LogP contribution in [0.2, 0.25) is 0 Å². The van der Waals surface area contributed by atoms with Crippen molar-refractivity contribution >= 4 is 27.5 Å². The van der Waals surface area contributed by atoms with Gasteiger partial charge in [-0.25, -0.2) is 4.98 Å². The number of likely N-dealkylation sites (tertiary alicyclic amines) is 2. The van der Waals surface area contributed by atoms with Gasteiger partial charge in [0, 0.05) is 25.6 Å². The molecule has 3 aliphatic rings. The number of carbonyl (C=O) groups excluding carboxylic acids is 1. The number of aromatic nitrogens is 1. The van der Waals surface area contributed by atoms with Gasteiger partial charge in [0.05, 0.1) is 21.8 Å². The van der Waals surface area contributed by atoms with E-state index in [9.17, 15) is 4.79 Å². The first-order chi connectivity index (χ1) is 13.8. The Morgan fingerprint density at radius 2 is 1.86 bits per heavy atom. The van der Waals surface area contributed by atoms with Crippen LogP contribution >= 0.6 is 11.3 Å². The Bertz CT molecular complexity index is 801. The van der Waals surface area contributed by atoms with E-state index in [-0.39, 0.29) is 0 Å². The van der Waals surface area contributed by atoms with Crippen LogP contribution in [0.1, 0.15) is 55.9 Å². The third-order valence-corrected chi connectivity index (χ3v) is 8.37. The lowest BCUT2D eigenvalue weighted by Gasteiger charge is -2.42. The average Bonchev–Trinajstić information content (AvgIpc) is 3.18. The Morgan fingerprint density at radius 3 is 2.75 bits per heavy atom. The minimum atomic E-state index is 0.333. The van der Waals surface area contributed by atoms with Gasteiger partial charge < -0.3 is 4.90 Å². The molecule has 1 aromatic heterocycles. The van der Waals surface area contributed by atoms with Gasteiger partial charge in [-0.1, -0.05) is 31.4 Å². The number of thiazole rings is 1. The lowest BCUT2D eigenvalue weighted by Crippen LogP contribution is -2.48. The molecule has 1 amide bonds. The van der Waals surface area contributed by atoms with Gasteiger partial charge in [-0.15, -0.1) is 11.3 Å². The lowest BCUT2D eigenvalue weighted by atomic mass is 9.75. The minimum absolute atomic E-state index is 0.333. The molecular formula is C23H31N3OS. The number of hydrogen-bond donors (Lipinski definition) is 0. The number of fused-ring (bicyclic) bond motifs is 2. The van der Waals surface area contributed by atoms with Gasteiger partial charge >= 0.3 is 0 Å². The van der Waals surface area contributed by atoms with E-state index in [1.165, 1.54) is 41.8 Å². The summed E-state index contributed by atoms with van der Waals surface area (Å²) in [6.45, 7) is 4.64. The summed E-state index contributed by atoms with van der Waals surface area (Å²) in [5.41, 5.74) is 1.10. The van der Waals surface area contributed by atoms with Crippen molar-refractivity contribution in [3.05, 3.63) is 29.3 Å². The Balaban J connectivity index is 1.20. The molecule has 5 heteroatoms. The zero-order valence-electron chi connectivity index (χ0n) is 16.7. The number of para-hydroxylation sites is 1. The van der Waals surface area contributed by atoms with Gasteiger partial charge in [-0.3, -0.25) is 9.69 Å². The monoisotopic (exact) mass is 397 g/mol. The first-order valence-electron chi connectivity index (χ1n) is 11.1. The second-order valence-electron chi connectivity index (χ2n) is 9.03. The van der Waals surface area contributed by atoms with Crippen molar-refractivity contribution in [2.45, 2.75) is 50.9 Å². The Kier molecular flexibility index (Phi) is 5.38. The highest BCUT2D eigenvalue weighted by atomic mass is 32.1. The largest absolute Gasteiger partial charge is 0.341 e. The fourth-order valence-corrected chi connectivity index (χ4v) is 6.67. The summed E-state index contributed by atoms with van der Waals surface area (Å²) in [6.07, 6.45) is 9.14. The first kappa shape index (κ1) is 18.6. The van der Waals surface area contributed by atoms with Crippen LogP contribution in [0.15, 0.2) is 24.3 Å². The molecule has 0 unspecified atom stereocenters. The molecule has 0 spiro atoms. The third-order valence-electron chi connectivity index (χ3n) is 7.17. The van der Waals surface area contributed by atoms with Crippen LogP contribution in [0.4, 0.5) is 0 Å². The van der Waals surface area contributed by atoms with Crippen molar-refractivity contribution < 1.29 is 4.79 Å². The second-order valence-corrected chi connectivity index (χ2v) is 10.1. The van der Waals surface area contributed by atoms with Crippen molar-refractivity contribution in [2.75, 3.05) is 32.7 Å². The molecule has 2 aromatic rings. The quantitative estimate of drug-likeness (QED) is 0.764. The summed E-state index contributed by atoms with van der Waals surface area (Å²) in [5.74, 6) is 2.50. The van der Waals surface area contributed by atoms with Crippen molar-refractivity contribution in [2.24, 2.45) is 11.8 Å². The Labute approximate surface area is 171 Å². The SMILES string of the molecule is O=C(CN1CC[C@@H]2CCCC[C@@H]2C1)N1CCC[C@H](c2nc3ccccc3s2)C1. The van der Waals surface area contributed by atoms with E-state index in [2.05, 4.69) is 34.1 Å². The molecular weight excluding hydrogens is 366 g/mol. The normalized spacial score (nSPS) is 29.0. The molecule has 28 heavy (non-hydrogen) atoms. The molecule has 3 heterocycles. The van der Waals surface area contributed by atoms with Crippen LogP contribution < -0.4 is 0 Å². The number of carbonyl (C=O) groups is 1. The average molecular weight is 398 g/mol. The topological polar surface area (TPSA) is 36.4 Å². The van der Waals surface area contributed by atoms with E-state index in [1.807, 2.05) is 0 Å². The summed E-state index contributed by atoms with van der Waals surface area (Å²) in [4.78, 5) is 22.5. The maximum Gasteiger partial charge on any atom is 0.236 e. The second kappa shape index (κ2) is 8.11. The number of amides is 1. The molecule has 150 valence electrons. The van der Waals surface area contributed by atoms with Gasteiger partial charge in [0.1, 0.15) is 0 Å². The molecule has 2 aliphatic heterocycles. The van der Waals surface area contributed by atoms with Crippen LogP contribution in [0.3, 0.4) is 0 Å². The standard InChI is InChI=1S/C23H31N3OS/c27-22(16-25-13-11-17-6-1-2-7-18(17)14-25)26-12-5-8-19(15-26)23-24-20-9-3-4-10-21(20)28-23/h3-4,9-10,17-19H,1-2,5-8,11-16H2/t17-,18+,19-/m0/s1. The number of piperidine rings is 2. The smallest absolute Gasteiger partial charge is 0.236 e. The number of nitrogens with zero attached hydrogens (tertiary/aromatic N) is 3. The first-order valence-corrected chi connectivity index (χ1v) is 11.9. The molecule has 4 nitrogen and oxygen atoms in total. The zero-order valence-corrected chi connectivity index (χ0v) is 17.5. The summed E-state index contributed by atoms with van der Waals surface area (Å²) in [7, 11) is 0. The van der Waals surface area contributed by atoms with Crippen molar-refractivity contribution in [1.29, 1.82) is 0 Å². The van der Waals surface area contributed by atoms with Crippen molar-refractivity contribution in [3.63, 3.8) is 0 Å². The highest BCUT2D eigenvalue weighted by Crippen LogP contribution is 2.36. The predicted octanol–water partition coefficient (Wildman–Crippen LogP) is 4.51. The molecule has 0 N–H and O–H groups in total. The maximum absolute atomic E-state index is 13.0. The number of rotatable bonds is 3. The van der Waals surface area contributed by atoms with Gasteiger partial charge in [0.2, 0.25) is 5.91 Å². The summed E-state index contributed by atoms with van der Waals surface area (Å²) >= 11 is 1.81. The molecule has 2 saturated heterocycles. The molecule has 0 bridgehead atoms. The van der Waals surface area contributed by atoms with Gasteiger partial charge in [0.15, 0.2) is 0 Å². The zero-order chi connectivity index (χ0) is 18.9. The summed E-state index contributed by atoms with van der Waals surface area (Å²) in [5, 5.41) is 1.21. The molecule has 3 fully saturated rings. The Hall–Kier alpha value is -1.46. The van der Waals surface area contributed by atoms with E-state index in [4.69, 9.17) is 4.98 Å². The van der Waals surface area contributed by atoms with E-state index < -0.39 is 0 Å². The van der Waals surface area contributed by atoms with Gasteiger partial charge in [0.25, 0.3) is 0 Å². The third kappa shape index (κ3) is 3.84. The highest BCUT2D eigenvalue weighted by molar-refractivity contribution is 7.18. The van der Waals surface area contributed by atoms with Crippen LogP contribution in [0.5, 0.6) is 0 Å². The summed E-state index contributed by atoms with van der Waals surface area (Å²) in [6, 6.07) is 8.38. The minimum Gasteiger partial charge on any atom is -0.341 e. The van der Waals surface area contributed by atoms with Crippen LogP contribution in [0, 0.1) is 11.8 Å². The van der Waals surface area contributed by atoms with E-state index in [1.54, 1.807) is 11.3 Å². The van der Waals surface area contributed by atoms with Crippen molar-refractivity contribution in [1.82, 2.24) is 14.8 Å². The molecule has 5 rings (SSSR count). The lowest BCUT2D eigenvalue weighted by molar-refractivity contribution is -0.134. The molecule has 3 atom stereocenters. The Morgan fingerprint density at radius 1 is 1.00 bits per heavy atom. The highest BCUT2D eigenvalue weighted by Gasteiger charge is 2.33. The van der Waals surface area contributed by atoms with Gasteiger partial charge in [-0.05, 0) is 56.2 Å². The fourth-order valence-electron chi connectivity index (χ4n) is 5.58.